The van der Waals surface area contributed by atoms with Crippen LogP contribution in [0.15, 0.2) is 28.7 Å². The standard InChI is InChI=1S/C14H19BrN2/c1-11(2)13(9-16)10-17-8-7-12-3-5-14(15)6-4-12/h3-6,11,13,17H,7-8,10H2,1-2H3. The zero-order chi connectivity index (χ0) is 12.7. The Hall–Kier alpha value is -0.850. The maximum Gasteiger partial charge on any atom is 0.0671 e. The summed E-state index contributed by atoms with van der Waals surface area (Å²) in [5.74, 6) is 0.528. The van der Waals surface area contributed by atoms with Gasteiger partial charge in [-0.25, -0.2) is 0 Å². The van der Waals surface area contributed by atoms with Gasteiger partial charge in [0.2, 0.25) is 0 Å². The van der Waals surface area contributed by atoms with Crippen molar-refractivity contribution in [1.29, 1.82) is 5.26 Å². The van der Waals surface area contributed by atoms with E-state index in [4.69, 9.17) is 5.26 Å². The fourth-order valence-corrected chi connectivity index (χ4v) is 1.84. The van der Waals surface area contributed by atoms with Crippen molar-refractivity contribution in [1.82, 2.24) is 5.32 Å². The van der Waals surface area contributed by atoms with Crippen LogP contribution in [0.3, 0.4) is 0 Å². The van der Waals surface area contributed by atoms with Gasteiger partial charge in [0.05, 0.1) is 12.0 Å². The van der Waals surface area contributed by atoms with Gasteiger partial charge in [-0.1, -0.05) is 41.9 Å². The average molecular weight is 295 g/mol. The van der Waals surface area contributed by atoms with Gasteiger partial charge in [-0.05, 0) is 36.6 Å². The molecule has 1 aromatic rings. The van der Waals surface area contributed by atoms with E-state index in [9.17, 15) is 0 Å². The lowest BCUT2D eigenvalue weighted by Gasteiger charge is -2.13. The number of halogens is 1. The molecule has 0 bridgehead atoms. The molecule has 0 aliphatic carbocycles. The molecule has 17 heavy (non-hydrogen) atoms. The van der Waals surface area contributed by atoms with E-state index in [0.29, 0.717) is 5.92 Å². The Morgan fingerprint density at radius 2 is 1.94 bits per heavy atom. The first-order valence-electron chi connectivity index (χ1n) is 5.98. The van der Waals surface area contributed by atoms with Gasteiger partial charge >= 0.3 is 0 Å². The summed E-state index contributed by atoms with van der Waals surface area (Å²) in [4.78, 5) is 0. The van der Waals surface area contributed by atoms with Gasteiger partial charge in [0, 0.05) is 11.0 Å². The Morgan fingerprint density at radius 1 is 1.29 bits per heavy atom. The van der Waals surface area contributed by atoms with Crippen molar-refractivity contribution >= 4 is 15.9 Å². The fourth-order valence-electron chi connectivity index (χ4n) is 1.57. The van der Waals surface area contributed by atoms with E-state index in [0.717, 1.165) is 24.0 Å². The zero-order valence-corrected chi connectivity index (χ0v) is 12.0. The Bertz CT molecular complexity index is 365. The minimum absolute atomic E-state index is 0.111. The molecule has 0 spiro atoms. The molecular weight excluding hydrogens is 276 g/mol. The summed E-state index contributed by atoms with van der Waals surface area (Å²) in [7, 11) is 0. The van der Waals surface area contributed by atoms with Crippen LogP contribution in [0.1, 0.15) is 19.4 Å². The van der Waals surface area contributed by atoms with Crippen LogP contribution in [0.4, 0.5) is 0 Å². The lowest BCUT2D eigenvalue weighted by molar-refractivity contribution is 0.444. The zero-order valence-electron chi connectivity index (χ0n) is 10.4. The molecule has 0 radical (unpaired) electrons. The maximum atomic E-state index is 8.95. The molecule has 0 amide bonds. The second kappa shape index (κ2) is 7.47. The van der Waals surface area contributed by atoms with Gasteiger partial charge in [0.1, 0.15) is 0 Å². The molecule has 1 aromatic carbocycles. The Labute approximate surface area is 112 Å². The topological polar surface area (TPSA) is 35.8 Å². The monoisotopic (exact) mass is 294 g/mol. The number of nitriles is 1. The van der Waals surface area contributed by atoms with Crippen molar-refractivity contribution in [2.24, 2.45) is 11.8 Å². The van der Waals surface area contributed by atoms with E-state index in [1.54, 1.807) is 0 Å². The maximum absolute atomic E-state index is 8.95. The predicted molar refractivity (Wildman–Crippen MR) is 74.7 cm³/mol. The van der Waals surface area contributed by atoms with Gasteiger partial charge in [0.15, 0.2) is 0 Å². The molecule has 0 aliphatic rings. The molecule has 0 saturated heterocycles. The molecule has 0 saturated carbocycles. The minimum atomic E-state index is 0.111. The van der Waals surface area contributed by atoms with Gasteiger partial charge in [-0.15, -0.1) is 0 Å². The van der Waals surface area contributed by atoms with Crippen LogP contribution < -0.4 is 5.32 Å². The predicted octanol–water partition coefficient (Wildman–Crippen LogP) is 3.38. The fraction of sp³-hybridized carbons (Fsp3) is 0.500. The van der Waals surface area contributed by atoms with Crippen LogP contribution in [0, 0.1) is 23.2 Å². The SMILES string of the molecule is CC(C)C(C#N)CNCCc1ccc(Br)cc1. The third-order valence-electron chi connectivity index (χ3n) is 2.84. The van der Waals surface area contributed by atoms with Gasteiger partial charge in [0.25, 0.3) is 0 Å². The lowest BCUT2D eigenvalue weighted by Crippen LogP contribution is -2.26. The summed E-state index contributed by atoms with van der Waals surface area (Å²) in [6.45, 7) is 5.88. The molecule has 0 aromatic heterocycles. The van der Waals surface area contributed by atoms with Crippen molar-refractivity contribution in [2.45, 2.75) is 20.3 Å². The first-order valence-corrected chi connectivity index (χ1v) is 6.77. The number of benzene rings is 1. The third kappa shape index (κ3) is 5.34. The lowest BCUT2D eigenvalue weighted by atomic mass is 9.97. The molecule has 1 atom stereocenters. The summed E-state index contributed by atoms with van der Waals surface area (Å²) in [6, 6.07) is 10.7. The van der Waals surface area contributed by atoms with E-state index < -0.39 is 0 Å². The quantitative estimate of drug-likeness (QED) is 0.817. The first kappa shape index (κ1) is 14.2. The highest BCUT2D eigenvalue weighted by atomic mass is 79.9. The highest BCUT2D eigenvalue weighted by Gasteiger charge is 2.10. The largest absolute Gasteiger partial charge is 0.315 e. The average Bonchev–Trinajstić information content (AvgIpc) is 2.31. The van der Waals surface area contributed by atoms with Crippen LogP contribution in [0.5, 0.6) is 0 Å². The molecule has 1 rings (SSSR count). The summed E-state index contributed by atoms with van der Waals surface area (Å²) >= 11 is 3.42. The second-order valence-corrected chi connectivity index (χ2v) is 5.48. The van der Waals surface area contributed by atoms with Crippen molar-refractivity contribution < 1.29 is 0 Å². The highest BCUT2D eigenvalue weighted by Crippen LogP contribution is 2.11. The van der Waals surface area contributed by atoms with E-state index in [1.807, 2.05) is 0 Å². The van der Waals surface area contributed by atoms with Crippen molar-refractivity contribution in [3.05, 3.63) is 34.3 Å². The third-order valence-corrected chi connectivity index (χ3v) is 3.37. The molecule has 1 unspecified atom stereocenters. The van der Waals surface area contributed by atoms with Crippen LogP contribution >= 0.6 is 15.9 Å². The van der Waals surface area contributed by atoms with E-state index in [2.05, 4.69) is 65.4 Å². The molecule has 2 nitrogen and oxygen atoms in total. The number of nitrogens with zero attached hydrogens (tertiary/aromatic N) is 1. The number of nitrogens with one attached hydrogen (secondary N) is 1. The number of rotatable bonds is 6. The van der Waals surface area contributed by atoms with Crippen molar-refractivity contribution in [3.8, 4) is 6.07 Å². The highest BCUT2D eigenvalue weighted by molar-refractivity contribution is 9.10. The summed E-state index contributed by atoms with van der Waals surface area (Å²) in [6.07, 6.45) is 1.00. The summed E-state index contributed by atoms with van der Waals surface area (Å²) in [5.41, 5.74) is 1.32. The Balaban J connectivity index is 2.24. The summed E-state index contributed by atoms with van der Waals surface area (Å²) < 4.78 is 1.11. The molecule has 3 heteroatoms. The second-order valence-electron chi connectivity index (χ2n) is 4.56. The van der Waals surface area contributed by atoms with Gasteiger partial charge in [-0.2, -0.15) is 5.26 Å². The minimum Gasteiger partial charge on any atom is -0.315 e. The van der Waals surface area contributed by atoms with Crippen molar-refractivity contribution in [3.63, 3.8) is 0 Å². The molecule has 1 N–H and O–H groups in total. The van der Waals surface area contributed by atoms with Crippen molar-refractivity contribution in [2.75, 3.05) is 13.1 Å². The van der Waals surface area contributed by atoms with Crippen LogP contribution in [0.25, 0.3) is 0 Å². The van der Waals surface area contributed by atoms with E-state index in [1.165, 1.54) is 5.56 Å². The van der Waals surface area contributed by atoms with Gasteiger partial charge < -0.3 is 5.32 Å². The van der Waals surface area contributed by atoms with E-state index in [-0.39, 0.29) is 5.92 Å². The van der Waals surface area contributed by atoms with Crippen LogP contribution in [0.2, 0.25) is 0 Å². The normalized spacial score (nSPS) is 12.4. The number of hydrogen-bond acceptors (Lipinski definition) is 2. The molecule has 0 aliphatic heterocycles. The first-order chi connectivity index (χ1) is 8.13. The smallest absolute Gasteiger partial charge is 0.0671 e. The molecular formula is C14H19BrN2. The summed E-state index contributed by atoms with van der Waals surface area (Å²) in [5, 5.41) is 12.3. The Morgan fingerprint density at radius 3 is 2.47 bits per heavy atom. The van der Waals surface area contributed by atoms with Crippen LogP contribution in [-0.4, -0.2) is 13.1 Å². The van der Waals surface area contributed by atoms with E-state index >= 15 is 0 Å². The molecule has 0 heterocycles. The molecule has 0 fully saturated rings. The Kier molecular flexibility index (Phi) is 6.25. The van der Waals surface area contributed by atoms with Crippen LogP contribution in [-0.2, 0) is 6.42 Å². The molecule has 92 valence electrons. The number of hydrogen-bond donors (Lipinski definition) is 1. The van der Waals surface area contributed by atoms with Gasteiger partial charge in [-0.3, -0.25) is 0 Å².